The Kier molecular flexibility index (Phi) is 5.26. The van der Waals surface area contributed by atoms with Crippen molar-refractivity contribution in [1.82, 2.24) is 10.2 Å². The highest BCUT2D eigenvalue weighted by molar-refractivity contribution is 6.15. The van der Waals surface area contributed by atoms with Gasteiger partial charge in [-0.25, -0.2) is 9.79 Å². The molecular formula is C17H21N3O3. The average molecular weight is 315 g/mol. The molecule has 0 aliphatic carbocycles. The quantitative estimate of drug-likeness (QED) is 0.903. The number of hydrogen-bond acceptors (Lipinski definition) is 3. The van der Waals surface area contributed by atoms with Crippen LogP contribution < -0.4 is 5.32 Å². The Balaban J connectivity index is 1.84. The first-order valence-corrected chi connectivity index (χ1v) is 7.57. The zero-order valence-corrected chi connectivity index (χ0v) is 13.6. The lowest BCUT2D eigenvalue weighted by Gasteiger charge is -2.25. The van der Waals surface area contributed by atoms with Gasteiger partial charge in [0.05, 0.1) is 5.92 Å². The van der Waals surface area contributed by atoms with E-state index in [0.717, 1.165) is 10.5 Å². The lowest BCUT2D eigenvalue weighted by molar-refractivity contribution is -0.130. The molecule has 122 valence electrons. The van der Waals surface area contributed by atoms with Gasteiger partial charge in [0, 0.05) is 25.7 Å². The van der Waals surface area contributed by atoms with Gasteiger partial charge < -0.3 is 5.32 Å². The second kappa shape index (κ2) is 7.17. The minimum absolute atomic E-state index is 0.120. The number of carbonyl (C=O) groups is 3. The molecule has 4 amide bonds. The van der Waals surface area contributed by atoms with Gasteiger partial charge in [0.1, 0.15) is 0 Å². The fourth-order valence-corrected chi connectivity index (χ4v) is 2.41. The van der Waals surface area contributed by atoms with Crippen LogP contribution in [0, 0.1) is 12.8 Å². The van der Waals surface area contributed by atoms with Gasteiger partial charge in [-0.1, -0.05) is 29.8 Å². The lowest BCUT2D eigenvalue weighted by atomic mass is 9.95. The number of urea groups is 1. The van der Waals surface area contributed by atoms with Crippen molar-refractivity contribution in [2.45, 2.75) is 33.2 Å². The van der Waals surface area contributed by atoms with Crippen LogP contribution in [0.3, 0.4) is 0 Å². The van der Waals surface area contributed by atoms with Gasteiger partial charge >= 0.3 is 6.03 Å². The molecule has 0 saturated heterocycles. The van der Waals surface area contributed by atoms with Crippen molar-refractivity contribution in [1.29, 1.82) is 0 Å². The van der Waals surface area contributed by atoms with E-state index in [1.807, 2.05) is 31.2 Å². The molecule has 2 rings (SSSR count). The summed E-state index contributed by atoms with van der Waals surface area (Å²) in [6.45, 7) is 4.12. The van der Waals surface area contributed by atoms with Crippen LogP contribution in [0.1, 0.15) is 30.9 Å². The third-order valence-electron chi connectivity index (χ3n) is 3.96. The highest BCUT2D eigenvalue weighted by Gasteiger charge is 2.33. The number of carbonyl (C=O) groups excluding carboxylic acids is 3. The summed E-state index contributed by atoms with van der Waals surface area (Å²) in [6, 6.07) is 7.38. The summed E-state index contributed by atoms with van der Waals surface area (Å²) in [5, 5.41) is 2.84. The Hall–Kier alpha value is -2.50. The number of hydrogen-bond donors (Lipinski definition) is 1. The molecule has 6 nitrogen and oxygen atoms in total. The van der Waals surface area contributed by atoms with Crippen molar-refractivity contribution < 1.29 is 14.4 Å². The average Bonchev–Trinajstić information content (AvgIpc) is 2.52. The van der Waals surface area contributed by atoms with Crippen molar-refractivity contribution in [3.8, 4) is 0 Å². The van der Waals surface area contributed by atoms with Crippen LogP contribution in [0.2, 0.25) is 0 Å². The Bertz CT molecular complexity index is 650. The molecule has 1 aromatic rings. The molecule has 1 aromatic carbocycles. The van der Waals surface area contributed by atoms with Crippen LogP contribution in [0.5, 0.6) is 0 Å². The maximum atomic E-state index is 12.1. The van der Waals surface area contributed by atoms with Gasteiger partial charge in [0.2, 0.25) is 11.8 Å². The Morgan fingerprint density at radius 1 is 1.22 bits per heavy atom. The van der Waals surface area contributed by atoms with E-state index in [0.29, 0.717) is 18.7 Å². The third-order valence-corrected chi connectivity index (χ3v) is 3.96. The van der Waals surface area contributed by atoms with Crippen molar-refractivity contribution in [3.63, 3.8) is 0 Å². The summed E-state index contributed by atoms with van der Waals surface area (Å²) in [5.41, 5.74) is 2.68. The predicted octanol–water partition coefficient (Wildman–Crippen LogP) is 2.06. The van der Waals surface area contributed by atoms with Crippen LogP contribution in [0.25, 0.3) is 0 Å². The fraction of sp³-hybridized carbons (Fsp3) is 0.412. The van der Waals surface area contributed by atoms with Crippen molar-refractivity contribution in [2.75, 3.05) is 7.05 Å². The van der Waals surface area contributed by atoms with Crippen LogP contribution in [-0.2, 0) is 16.1 Å². The van der Waals surface area contributed by atoms with E-state index in [9.17, 15) is 14.4 Å². The number of nitrogens with zero attached hydrogens (tertiary/aromatic N) is 2. The van der Waals surface area contributed by atoms with Crippen LogP contribution in [0.15, 0.2) is 29.3 Å². The first kappa shape index (κ1) is 16.9. The standard InChI is InChI=1S/C17H21N3O3/c1-11-4-6-13(7-5-11)10-18-15(21)9-8-14-12(2)19-17(23)20(3)16(14)22/h4-7,14H,8-10H2,1-3H3,(H,18,21). The molecule has 0 spiro atoms. The molecule has 1 aliphatic rings. The zero-order chi connectivity index (χ0) is 17.0. The van der Waals surface area contributed by atoms with E-state index in [1.54, 1.807) is 6.92 Å². The summed E-state index contributed by atoms with van der Waals surface area (Å²) in [6.07, 6.45) is 0.572. The smallest absolute Gasteiger partial charge is 0.349 e. The second-order valence-electron chi connectivity index (χ2n) is 5.79. The van der Waals surface area contributed by atoms with E-state index in [-0.39, 0.29) is 18.2 Å². The van der Waals surface area contributed by atoms with E-state index < -0.39 is 11.9 Å². The second-order valence-corrected chi connectivity index (χ2v) is 5.79. The SMILES string of the molecule is CC1=NC(=O)N(C)C(=O)C1CCC(=O)NCc1ccc(C)cc1. The van der Waals surface area contributed by atoms with Crippen molar-refractivity contribution >= 4 is 23.6 Å². The maximum Gasteiger partial charge on any atom is 0.349 e. The highest BCUT2D eigenvalue weighted by atomic mass is 16.2. The number of aliphatic imine (C=N–C) groups is 1. The van der Waals surface area contributed by atoms with Gasteiger partial charge in [0.25, 0.3) is 0 Å². The molecule has 0 fully saturated rings. The molecule has 1 unspecified atom stereocenters. The van der Waals surface area contributed by atoms with Gasteiger partial charge in [-0.15, -0.1) is 0 Å². The molecule has 0 bridgehead atoms. The molecule has 1 N–H and O–H groups in total. The minimum Gasteiger partial charge on any atom is -0.352 e. The fourth-order valence-electron chi connectivity index (χ4n) is 2.41. The Morgan fingerprint density at radius 3 is 2.52 bits per heavy atom. The van der Waals surface area contributed by atoms with Crippen LogP contribution in [0.4, 0.5) is 4.79 Å². The van der Waals surface area contributed by atoms with Crippen LogP contribution >= 0.6 is 0 Å². The van der Waals surface area contributed by atoms with Gasteiger partial charge in [0.15, 0.2) is 0 Å². The Morgan fingerprint density at radius 2 is 1.87 bits per heavy atom. The monoisotopic (exact) mass is 315 g/mol. The summed E-state index contributed by atoms with van der Waals surface area (Å²) in [4.78, 5) is 40.3. The summed E-state index contributed by atoms with van der Waals surface area (Å²) >= 11 is 0. The number of imide groups is 1. The van der Waals surface area contributed by atoms with Gasteiger partial charge in [-0.3, -0.25) is 14.5 Å². The molecule has 0 aromatic heterocycles. The normalized spacial score (nSPS) is 18.0. The zero-order valence-electron chi connectivity index (χ0n) is 13.6. The number of benzene rings is 1. The maximum absolute atomic E-state index is 12.1. The van der Waals surface area contributed by atoms with E-state index in [4.69, 9.17) is 0 Å². The Labute approximate surface area is 135 Å². The lowest BCUT2D eigenvalue weighted by Crippen LogP contribution is -2.43. The largest absolute Gasteiger partial charge is 0.352 e. The van der Waals surface area contributed by atoms with E-state index >= 15 is 0 Å². The summed E-state index contributed by atoms with van der Waals surface area (Å²) in [5.74, 6) is -0.914. The molecular weight excluding hydrogens is 294 g/mol. The third kappa shape index (κ3) is 4.25. The molecule has 23 heavy (non-hydrogen) atoms. The first-order chi connectivity index (χ1) is 10.9. The molecule has 1 heterocycles. The molecule has 6 heteroatoms. The number of nitrogens with one attached hydrogen (secondary N) is 1. The first-order valence-electron chi connectivity index (χ1n) is 7.57. The minimum atomic E-state index is -0.549. The highest BCUT2D eigenvalue weighted by Crippen LogP contribution is 2.18. The molecule has 1 aliphatic heterocycles. The van der Waals surface area contributed by atoms with E-state index in [1.165, 1.54) is 12.6 Å². The van der Waals surface area contributed by atoms with Crippen molar-refractivity contribution in [2.24, 2.45) is 10.9 Å². The van der Waals surface area contributed by atoms with Crippen LogP contribution in [-0.4, -0.2) is 35.5 Å². The number of aryl methyl sites for hydroxylation is 1. The van der Waals surface area contributed by atoms with Gasteiger partial charge in [-0.05, 0) is 25.8 Å². The molecule has 0 saturated carbocycles. The van der Waals surface area contributed by atoms with Crippen molar-refractivity contribution in [3.05, 3.63) is 35.4 Å². The van der Waals surface area contributed by atoms with Gasteiger partial charge in [-0.2, -0.15) is 0 Å². The molecule has 0 radical (unpaired) electrons. The van der Waals surface area contributed by atoms with E-state index in [2.05, 4.69) is 10.3 Å². The summed E-state index contributed by atoms with van der Waals surface area (Å²) in [7, 11) is 1.41. The molecule has 1 atom stereocenters. The topological polar surface area (TPSA) is 78.8 Å². The number of amides is 4. The number of rotatable bonds is 5. The summed E-state index contributed by atoms with van der Waals surface area (Å²) < 4.78 is 0. The predicted molar refractivity (Wildman–Crippen MR) is 87.0 cm³/mol.